The van der Waals surface area contributed by atoms with Gasteiger partial charge in [-0.1, -0.05) is 54.1 Å². The van der Waals surface area contributed by atoms with Gasteiger partial charge < -0.3 is 5.32 Å². The number of halogens is 1. The van der Waals surface area contributed by atoms with Crippen molar-refractivity contribution in [2.75, 3.05) is 17.8 Å². The maximum Gasteiger partial charge on any atom is 0.263 e. The zero-order valence-electron chi connectivity index (χ0n) is 19.1. The summed E-state index contributed by atoms with van der Waals surface area (Å²) in [5, 5.41) is 2.90. The van der Waals surface area contributed by atoms with Gasteiger partial charge in [-0.2, -0.15) is 0 Å². The van der Waals surface area contributed by atoms with Crippen LogP contribution in [0.4, 0.5) is 5.69 Å². The molecule has 0 atom stereocenters. The number of carbonyl (C=O) groups is 1. The van der Waals surface area contributed by atoms with Gasteiger partial charge in [0.2, 0.25) is 0 Å². The van der Waals surface area contributed by atoms with Crippen LogP contribution in [0.1, 0.15) is 39.9 Å². The van der Waals surface area contributed by atoms with E-state index < -0.39 is 10.0 Å². The van der Waals surface area contributed by atoms with E-state index in [1.54, 1.807) is 12.1 Å². The number of hydrogen-bond acceptors (Lipinski definition) is 4. The van der Waals surface area contributed by atoms with Crippen molar-refractivity contribution in [2.24, 2.45) is 0 Å². The second kappa shape index (κ2) is 10.6. The standard InChI is InChI=1S/C26H28ClN3O3S/c1-19-6-2-3-7-24(19)29-34(32,33)25-16-22(12-13-23(25)27)26(31)28-17-20-8-10-21(11-9-20)18-30-14-4-5-15-30/h2-3,6-13,16,29H,4-5,14-15,17-18H2,1H3,(H,28,31). The van der Waals surface area contributed by atoms with Gasteiger partial charge in [-0.05, 0) is 73.8 Å². The number of rotatable bonds is 8. The van der Waals surface area contributed by atoms with Gasteiger partial charge in [0.15, 0.2) is 0 Å². The summed E-state index contributed by atoms with van der Waals surface area (Å²) in [6.07, 6.45) is 2.53. The minimum absolute atomic E-state index is 0.0474. The molecule has 0 saturated carbocycles. The summed E-state index contributed by atoms with van der Waals surface area (Å²) in [6.45, 7) is 5.40. The van der Waals surface area contributed by atoms with Crippen LogP contribution >= 0.6 is 11.6 Å². The van der Waals surface area contributed by atoms with Gasteiger partial charge in [-0.15, -0.1) is 0 Å². The Hall–Kier alpha value is -2.87. The first-order valence-electron chi connectivity index (χ1n) is 11.3. The van der Waals surface area contributed by atoms with Crippen molar-refractivity contribution < 1.29 is 13.2 Å². The van der Waals surface area contributed by atoms with Gasteiger partial charge in [-0.25, -0.2) is 8.42 Å². The zero-order valence-corrected chi connectivity index (χ0v) is 20.6. The molecular weight excluding hydrogens is 470 g/mol. The highest BCUT2D eigenvalue weighted by Crippen LogP contribution is 2.26. The summed E-state index contributed by atoms with van der Waals surface area (Å²) >= 11 is 6.19. The molecule has 1 aliphatic heterocycles. The highest BCUT2D eigenvalue weighted by molar-refractivity contribution is 7.92. The van der Waals surface area contributed by atoms with Gasteiger partial charge in [0, 0.05) is 18.7 Å². The highest BCUT2D eigenvalue weighted by Gasteiger charge is 2.21. The van der Waals surface area contributed by atoms with Gasteiger partial charge in [0.25, 0.3) is 15.9 Å². The Morgan fingerprint density at radius 3 is 2.35 bits per heavy atom. The van der Waals surface area contributed by atoms with Crippen LogP contribution in [0.15, 0.2) is 71.6 Å². The fraction of sp³-hybridized carbons (Fsp3) is 0.269. The van der Waals surface area contributed by atoms with E-state index in [0.717, 1.165) is 30.8 Å². The molecule has 178 valence electrons. The first kappa shape index (κ1) is 24.3. The van der Waals surface area contributed by atoms with Crippen LogP contribution < -0.4 is 10.0 Å². The molecule has 4 rings (SSSR count). The number of benzene rings is 3. The molecule has 0 unspecified atom stereocenters. The summed E-state index contributed by atoms with van der Waals surface area (Å²) in [4.78, 5) is 15.0. The number of sulfonamides is 1. The molecule has 0 aliphatic carbocycles. The molecule has 8 heteroatoms. The normalized spacial score (nSPS) is 14.2. The molecule has 1 fully saturated rings. The summed E-state index contributed by atoms with van der Waals surface area (Å²) in [5.74, 6) is -0.370. The van der Waals surface area contributed by atoms with Crippen molar-refractivity contribution in [1.82, 2.24) is 10.2 Å². The lowest BCUT2D eigenvalue weighted by Crippen LogP contribution is -2.23. The van der Waals surface area contributed by atoms with E-state index in [1.165, 1.54) is 36.6 Å². The largest absolute Gasteiger partial charge is 0.348 e. The SMILES string of the molecule is Cc1ccccc1NS(=O)(=O)c1cc(C(=O)NCc2ccc(CN3CCCC3)cc2)ccc1Cl. The van der Waals surface area contributed by atoms with Crippen molar-refractivity contribution >= 4 is 33.2 Å². The fourth-order valence-corrected chi connectivity index (χ4v) is 5.64. The number of nitrogens with zero attached hydrogens (tertiary/aromatic N) is 1. The molecule has 1 aliphatic rings. The fourth-order valence-electron chi connectivity index (χ4n) is 3.98. The smallest absolute Gasteiger partial charge is 0.263 e. The van der Waals surface area contributed by atoms with Crippen molar-refractivity contribution in [3.05, 3.63) is 94.0 Å². The number of amides is 1. The molecule has 0 radical (unpaired) electrons. The molecule has 2 N–H and O–H groups in total. The highest BCUT2D eigenvalue weighted by atomic mass is 35.5. The minimum Gasteiger partial charge on any atom is -0.348 e. The van der Waals surface area contributed by atoms with Gasteiger partial charge in [-0.3, -0.25) is 14.4 Å². The maximum absolute atomic E-state index is 13.0. The third kappa shape index (κ3) is 5.97. The van der Waals surface area contributed by atoms with Crippen LogP contribution in [0.2, 0.25) is 5.02 Å². The van der Waals surface area contributed by atoms with Crippen LogP contribution in [-0.2, 0) is 23.1 Å². The molecule has 34 heavy (non-hydrogen) atoms. The lowest BCUT2D eigenvalue weighted by molar-refractivity contribution is 0.0950. The molecule has 0 aromatic heterocycles. The Balaban J connectivity index is 1.41. The molecule has 0 bridgehead atoms. The van der Waals surface area contributed by atoms with Gasteiger partial charge in [0.1, 0.15) is 4.90 Å². The maximum atomic E-state index is 13.0. The molecule has 1 saturated heterocycles. The van der Waals surface area contributed by atoms with Crippen molar-refractivity contribution in [1.29, 1.82) is 0 Å². The van der Waals surface area contributed by atoms with Gasteiger partial charge >= 0.3 is 0 Å². The van der Waals surface area contributed by atoms with E-state index >= 15 is 0 Å². The molecule has 3 aromatic carbocycles. The molecule has 0 spiro atoms. The monoisotopic (exact) mass is 497 g/mol. The summed E-state index contributed by atoms with van der Waals surface area (Å²) in [6, 6.07) is 19.5. The number of aryl methyl sites for hydroxylation is 1. The van der Waals surface area contributed by atoms with Crippen molar-refractivity contribution in [2.45, 2.75) is 37.8 Å². The number of para-hydroxylation sites is 1. The number of likely N-dealkylation sites (tertiary alicyclic amines) is 1. The second-order valence-corrected chi connectivity index (χ2v) is 10.6. The first-order valence-corrected chi connectivity index (χ1v) is 13.1. The zero-order chi connectivity index (χ0) is 24.1. The van der Waals surface area contributed by atoms with Gasteiger partial charge in [0.05, 0.1) is 10.7 Å². The Morgan fingerprint density at radius 2 is 1.65 bits per heavy atom. The predicted octanol–water partition coefficient (Wildman–Crippen LogP) is 4.98. The van der Waals surface area contributed by atoms with Crippen LogP contribution in [0, 0.1) is 6.92 Å². The molecule has 1 amide bonds. The van der Waals surface area contributed by atoms with Crippen LogP contribution in [0.25, 0.3) is 0 Å². The first-order chi connectivity index (χ1) is 16.3. The van der Waals surface area contributed by atoms with E-state index in [4.69, 9.17) is 11.6 Å². The van der Waals surface area contributed by atoms with Crippen molar-refractivity contribution in [3.8, 4) is 0 Å². The Kier molecular flexibility index (Phi) is 7.56. The second-order valence-electron chi connectivity index (χ2n) is 8.55. The number of hydrogen-bond donors (Lipinski definition) is 2. The minimum atomic E-state index is -3.97. The quantitative estimate of drug-likeness (QED) is 0.460. The summed E-state index contributed by atoms with van der Waals surface area (Å²) in [5.41, 5.74) is 3.69. The van der Waals surface area contributed by atoms with E-state index in [2.05, 4.69) is 27.1 Å². The summed E-state index contributed by atoms with van der Waals surface area (Å²) in [7, 11) is -3.97. The predicted molar refractivity (Wildman–Crippen MR) is 136 cm³/mol. The van der Waals surface area contributed by atoms with E-state index in [1.807, 2.05) is 31.2 Å². The van der Waals surface area contributed by atoms with E-state index in [0.29, 0.717) is 12.2 Å². The third-order valence-electron chi connectivity index (χ3n) is 5.95. The van der Waals surface area contributed by atoms with E-state index in [9.17, 15) is 13.2 Å². The number of carbonyl (C=O) groups excluding carboxylic acids is 1. The lowest BCUT2D eigenvalue weighted by atomic mass is 10.1. The van der Waals surface area contributed by atoms with Crippen LogP contribution in [0.5, 0.6) is 0 Å². The number of anilines is 1. The average Bonchev–Trinajstić information content (AvgIpc) is 3.33. The molecule has 3 aromatic rings. The lowest BCUT2D eigenvalue weighted by Gasteiger charge is -2.15. The number of nitrogens with one attached hydrogen (secondary N) is 2. The molecule has 1 heterocycles. The topological polar surface area (TPSA) is 78.5 Å². The molecular formula is C26H28ClN3O3S. The Morgan fingerprint density at radius 1 is 0.971 bits per heavy atom. The average molecular weight is 498 g/mol. The summed E-state index contributed by atoms with van der Waals surface area (Å²) < 4.78 is 28.5. The van der Waals surface area contributed by atoms with Crippen LogP contribution in [-0.4, -0.2) is 32.3 Å². The Bertz CT molecular complexity index is 1270. The molecule has 6 nitrogen and oxygen atoms in total. The Labute approximate surface area is 206 Å². The van der Waals surface area contributed by atoms with Crippen LogP contribution in [0.3, 0.4) is 0 Å². The third-order valence-corrected chi connectivity index (χ3v) is 7.80. The van der Waals surface area contributed by atoms with Crippen molar-refractivity contribution in [3.63, 3.8) is 0 Å². The van der Waals surface area contributed by atoms with E-state index in [-0.39, 0.29) is 21.4 Å².